The summed E-state index contributed by atoms with van der Waals surface area (Å²) in [4.78, 5) is 14.1. The van der Waals surface area contributed by atoms with Gasteiger partial charge in [-0.2, -0.15) is 0 Å². The second kappa shape index (κ2) is 4.57. The Hall–Kier alpha value is -1.22. The highest BCUT2D eigenvalue weighted by Crippen LogP contribution is 2.35. The Labute approximate surface area is 107 Å². The smallest absolute Gasteiger partial charge is 0.257 e. The van der Waals surface area contributed by atoms with Crippen LogP contribution < -0.4 is 5.73 Å². The van der Waals surface area contributed by atoms with Crippen LogP contribution >= 0.6 is 11.6 Å². The number of nitrogens with zero attached hydrogens (tertiary/aromatic N) is 1. The molecular weight excluding hydrogens is 236 g/mol. The van der Waals surface area contributed by atoms with E-state index in [4.69, 9.17) is 17.3 Å². The normalized spacial score (nSPS) is 16.6. The number of hydrogen-bond acceptors (Lipinski definition) is 2. The molecule has 1 amide bonds. The van der Waals surface area contributed by atoms with E-state index in [0.29, 0.717) is 22.2 Å². The summed E-state index contributed by atoms with van der Waals surface area (Å²) < 4.78 is 0. The number of carbonyl (C=O) groups is 1. The zero-order chi connectivity index (χ0) is 12.6. The molecule has 3 nitrogen and oxygen atoms in total. The third-order valence-electron chi connectivity index (χ3n) is 3.50. The number of nitrogen functional groups attached to an aromatic ring is 1. The summed E-state index contributed by atoms with van der Waals surface area (Å²) in [6.45, 7) is 2.07. The van der Waals surface area contributed by atoms with Gasteiger partial charge in [0.25, 0.3) is 5.91 Å². The SMILES string of the molecule is CC(C1CC1)N(C)C(=O)c1c(N)cccc1Cl. The fraction of sp³-hybridized carbons (Fsp3) is 0.462. The minimum absolute atomic E-state index is 0.0903. The summed E-state index contributed by atoms with van der Waals surface area (Å²) in [5.41, 5.74) is 6.68. The van der Waals surface area contributed by atoms with Crippen LogP contribution in [0.25, 0.3) is 0 Å². The Morgan fingerprint density at radius 3 is 2.71 bits per heavy atom. The minimum Gasteiger partial charge on any atom is -0.398 e. The first-order valence-electron chi connectivity index (χ1n) is 5.83. The first-order valence-corrected chi connectivity index (χ1v) is 6.21. The highest BCUT2D eigenvalue weighted by Gasteiger charge is 2.33. The number of hydrogen-bond donors (Lipinski definition) is 1. The molecule has 1 fully saturated rings. The van der Waals surface area contributed by atoms with E-state index in [1.807, 2.05) is 7.05 Å². The predicted molar refractivity (Wildman–Crippen MR) is 70.1 cm³/mol. The number of carbonyl (C=O) groups excluding carboxylic acids is 1. The van der Waals surface area contributed by atoms with Gasteiger partial charge in [-0.15, -0.1) is 0 Å². The van der Waals surface area contributed by atoms with Crippen molar-refractivity contribution in [1.29, 1.82) is 0 Å². The number of amides is 1. The molecule has 1 aromatic rings. The summed E-state index contributed by atoms with van der Waals surface area (Å²) in [6.07, 6.45) is 2.41. The molecule has 1 saturated carbocycles. The Morgan fingerprint density at radius 2 is 2.18 bits per heavy atom. The van der Waals surface area contributed by atoms with E-state index < -0.39 is 0 Å². The molecule has 1 unspecified atom stereocenters. The molecule has 1 aliphatic rings. The molecule has 92 valence electrons. The van der Waals surface area contributed by atoms with Crippen molar-refractivity contribution in [2.45, 2.75) is 25.8 Å². The van der Waals surface area contributed by atoms with Gasteiger partial charge in [0, 0.05) is 18.8 Å². The van der Waals surface area contributed by atoms with Gasteiger partial charge >= 0.3 is 0 Å². The molecule has 4 heteroatoms. The molecule has 0 aromatic heterocycles. The lowest BCUT2D eigenvalue weighted by Crippen LogP contribution is -2.36. The van der Waals surface area contributed by atoms with E-state index >= 15 is 0 Å². The van der Waals surface area contributed by atoms with Gasteiger partial charge in [-0.25, -0.2) is 0 Å². The monoisotopic (exact) mass is 252 g/mol. The van der Waals surface area contributed by atoms with E-state index in [1.165, 1.54) is 12.8 Å². The minimum atomic E-state index is -0.0903. The van der Waals surface area contributed by atoms with Crippen molar-refractivity contribution >= 4 is 23.2 Å². The maximum absolute atomic E-state index is 12.3. The van der Waals surface area contributed by atoms with Gasteiger partial charge in [0.05, 0.1) is 10.6 Å². The van der Waals surface area contributed by atoms with Gasteiger partial charge in [-0.1, -0.05) is 17.7 Å². The first kappa shape index (κ1) is 12.2. The second-order valence-corrected chi connectivity index (χ2v) is 5.11. The highest BCUT2D eigenvalue weighted by molar-refractivity contribution is 6.34. The third kappa shape index (κ3) is 2.39. The van der Waals surface area contributed by atoms with E-state index in [2.05, 4.69) is 6.92 Å². The van der Waals surface area contributed by atoms with Crippen LogP contribution in [-0.2, 0) is 0 Å². The number of rotatable bonds is 3. The molecule has 17 heavy (non-hydrogen) atoms. The maximum Gasteiger partial charge on any atom is 0.257 e. The fourth-order valence-corrected chi connectivity index (χ4v) is 2.29. The summed E-state index contributed by atoms with van der Waals surface area (Å²) in [5.74, 6) is 0.542. The Morgan fingerprint density at radius 1 is 1.53 bits per heavy atom. The van der Waals surface area contributed by atoms with Gasteiger partial charge in [-0.05, 0) is 37.8 Å². The second-order valence-electron chi connectivity index (χ2n) is 4.70. The van der Waals surface area contributed by atoms with Crippen LogP contribution in [0.5, 0.6) is 0 Å². The van der Waals surface area contributed by atoms with Gasteiger partial charge < -0.3 is 10.6 Å². The Kier molecular flexibility index (Phi) is 3.29. The lowest BCUT2D eigenvalue weighted by molar-refractivity contribution is 0.0728. The third-order valence-corrected chi connectivity index (χ3v) is 3.81. The van der Waals surface area contributed by atoms with E-state index in [9.17, 15) is 4.79 Å². The average molecular weight is 253 g/mol. The highest BCUT2D eigenvalue weighted by atomic mass is 35.5. The molecular formula is C13H17ClN2O. The summed E-state index contributed by atoms with van der Waals surface area (Å²) in [6, 6.07) is 5.40. The van der Waals surface area contributed by atoms with Crippen LogP contribution in [-0.4, -0.2) is 23.9 Å². The number of halogens is 1. The fourth-order valence-electron chi connectivity index (χ4n) is 2.02. The van der Waals surface area contributed by atoms with Gasteiger partial charge in [0.1, 0.15) is 0 Å². The quantitative estimate of drug-likeness (QED) is 0.841. The lowest BCUT2D eigenvalue weighted by Gasteiger charge is -2.25. The zero-order valence-electron chi connectivity index (χ0n) is 10.1. The van der Waals surface area contributed by atoms with Crippen molar-refractivity contribution in [3.05, 3.63) is 28.8 Å². The molecule has 1 aromatic carbocycles. The summed E-state index contributed by atoms with van der Waals surface area (Å²) in [7, 11) is 1.81. The first-order chi connectivity index (χ1) is 8.02. The lowest BCUT2D eigenvalue weighted by atomic mass is 10.1. The molecule has 0 saturated heterocycles. The van der Waals surface area contributed by atoms with Crippen LogP contribution in [0.4, 0.5) is 5.69 Å². The van der Waals surface area contributed by atoms with Crippen LogP contribution in [0.3, 0.4) is 0 Å². The number of nitrogens with two attached hydrogens (primary N) is 1. The van der Waals surface area contributed by atoms with Crippen LogP contribution in [0.15, 0.2) is 18.2 Å². The Bertz CT molecular complexity index is 423. The molecule has 1 aliphatic carbocycles. The number of benzene rings is 1. The summed E-state index contributed by atoms with van der Waals surface area (Å²) >= 11 is 6.04. The largest absolute Gasteiger partial charge is 0.398 e. The molecule has 2 N–H and O–H groups in total. The predicted octanol–water partition coefficient (Wildman–Crippen LogP) is 2.79. The van der Waals surface area contributed by atoms with Crippen molar-refractivity contribution in [2.75, 3.05) is 12.8 Å². The molecule has 1 atom stereocenters. The molecule has 0 radical (unpaired) electrons. The Balaban J connectivity index is 2.24. The van der Waals surface area contributed by atoms with Crippen molar-refractivity contribution < 1.29 is 4.79 Å². The molecule has 2 rings (SSSR count). The molecule has 0 spiro atoms. The molecule has 0 aliphatic heterocycles. The molecule has 0 heterocycles. The van der Waals surface area contributed by atoms with Gasteiger partial charge in [-0.3, -0.25) is 4.79 Å². The van der Waals surface area contributed by atoms with Crippen molar-refractivity contribution in [3.8, 4) is 0 Å². The maximum atomic E-state index is 12.3. The van der Waals surface area contributed by atoms with Gasteiger partial charge in [0.15, 0.2) is 0 Å². The standard InChI is InChI=1S/C13H17ClN2O/c1-8(9-6-7-9)16(2)13(17)12-10(14)4-3-5-11(12)15/h3-5,8-9H,6-7,15H2,1-2H3. The van der Waals surface area contributed by atoms with E-state index in [0.717, 1.165) is 0 Å². The van der Waals surface area contributed by atoms with Crippen LogP contribution in [0.2, 0.25) is 5.02 Å². The van der Waals surface area contributed by atoms with Crippen molar-refractivity contribution in [1.82, 2.24) is 4.90 Å². The average Bonchev–Trinajstić information content (AvgIpc) is 3.10. The van der Waals surface area contributed by atoms with Crippen molar-refractivity contribution in [2.24, 2.45) is 5.92 Å². The topological polar surface area (TPSA) is 46.3 Å². The summed E-state index contributed by atoms with van der Waals surface area (Å²) in [5, 5.41) is 0.421. The van der Waals surface area contributed by atoms with Crippen LogP contribution in [0, 0.1) is 5.92 Å². The molecule has 0 bridgehead atoms. The number of anilines is 1. The van der Waals surface area contributed by atoms with Crippen molar-refractivity contribution in [3.63, 3.8) is 0 Å². The van der Waals surface area contributed by atoms with Crippen LogP contribution in [0.1, 0.15) is 30.1 Å². The van der Waals surface area contributed by atoms with Gasteiger partial charge in [0.2, 0.25) is 0 Å². The zero-order valence-corrected chi connectivity index (χ0v) is 10.9. The van der Waals surface area contributed by atoms with E-state index in [-0.39, 0.29) is 11.9 Å². The van der Waals surface area contributed by atoms with E-state index in [1.54, 1.807) is 23.1 Å².